The Hall–Kier alpha value is -1.49. The Kier molecular flexibility index (Phi) is 2.87. The quantitative estimate of drug-likeness (QED) is 0.783. The zero-order valence-electron chi connectivity index (χ0n) is 9.60. The molecule has 0 aromatic carbocycles. The van der Waals surface area contributed by atoms with Crippen LogP contribution in [0, 0.1) is 19.8 Å². The van der Waals surface area contributed by atoms with E-state index in [4.69, 9.17) is 5.73 Å². The first-order valence-corrected chi connectivity index (χ1v) is 5.43. The van der Waals surface area contributed by atoms with E-state index in [1.54, 1.807) is 4.90 Å². The van der Waals surface area contributed by atoms with Gasteiger partial charge in [0, 0.05) is 24.4 Å². The monoisotopic (exact) mass is 220 g/mol. The predicted molar refractivity (Wildman–Crippen MR) is 61.0 cm³/mol. The van der Waals surface area contributed by atoms with E-state index in [9.17, 15) is 4.79 Å². The number of hydrogen-bond donors (Lipinski definition) is 1. The minimum Gasteiger partial charge on any atom is -0.330 e. The molecule has 0 radical (unpaired) electrons. The molecule has 0 aliphatic carbocycles. The van der Waals surface area contributed by atoms with Crippen molar-refractivity contribution in [3.05, 3.63) is 17.5 Å². The maximum atomic E-state index is 11.8. The van der Waals surface area contributed by atoms with Gasteiger partial charge in [-0.2, -0.15) is 0 Å². The molecule has 1 unspecified atom stereocenters. The highest BCUT2D eigenvalue weighted by molar-refractivity contribution is 5.94. The minimum absolute atomic E-state index is 0.0699. The lowest BCUT2D eigenvalue weighted by atomic mass is 10.1. The molecule has 1 saturated heterocycles. The zero-order chi connectivity index (χ0) is 11.7. The van der Waals surface area contributed by atoms with E-state index < -0.39 is 0 Å². The molecule has 5 heteroatoms. The summed E-state index contributed by atoms with van der Waals surface area (Å²) in [4.78, 5) is 22.0. The van der Waals surface area contributed by atoms with Crippen LogP contribution in [0.3, 0.4) is 0 Å². The summed E-state index contributed by atoms with van der Waals surface area (Å²) in [6, 6.07) is 1.89. The second-order valence-corrected chi connectivity index (χ2v) is 4.26. The molecule has 5 nitrogen and oxygen atoms in total. The molecule has 0 spiro atoms. The van der Waals surface area contributed by atoms with Gasteiger partial charge in [-0.1, -0.05) is 0 Å². The predicted octanol–water partition coefficient (Wildman–Crippen LogP) is 0.405. The fourth-order valence-corrected chi connectivity index (χ4v) is 1.96. The Balaban J connectivity index is 2.27. The molecule has 1 aliphatic heterocycles. The van der Waals surface area contributed by atoms with Gasteiger partial charge in [0.05, 0.1) is 0 Å². The molecule has 1 atom stereocenters. The molecule has 2 N–H and O–H groups in total. The van der Waals surface area contributed by atoms with E-state index in [1.807, 2.05) is 19.9 Å². The molecule has 2 heterocycles. The van der Waals surface area contributed by atoms with E-state index in [-0.39, 0.29) is 11.8 Å². The van der Waals surface area contributed by atoms with Crippen molar-refractivity contribution in [1.29, 1.82) is 0 Å². The van der Waals surface area contributed by atoms with Gasteiger partial charge in [0.1, 0.15) is 0 Å². The van der Waals surface area contributed by atoms with Crippen LogP contribution in [0.2, 0.25) is 0 Å². The minimum atomic E-state index is 0.0699. The first kappa shape index (κ1) is 11.0. The molecule has 1 fully saturated rings. The third-order valence-electron chi connectivity index (χ3n) is 2.75. The lowest BCUT2D eigenvalue weighted by Crippen LogP contribution is -2.28. The van der Waals surface area contributed by atoms with Crippen molar-refractivity contribution in [1.82, 2.24) is 9.97 Å². The highest BCUT2D eigenvalue weighted by Gasteiger charge is 2.31. The largest absolute Gasteiger partial charge is 0.330 e. The zero-order valence-corrected chi connectivity index (χ0v) is 9.60. The molecular formula is C11H16N4O. The van der Waals surface area contributed by atoms with Crippen molar-refractivity contribution in [2.75, 3.05) is 18.0 Å². The van der Waals surface area contributed by atoms with Crippen LogP contribution in [-0.2, 0) is 4.79 Å². The fourth-order valence-electron chi connectivity index (χ4n) is 1.96. The van der Waals surface area contributed by atoms with Gasteiger partial charge in [-0.25, -0.2) is 9.97 Å². The average Bonchev–Trinajstić information content (AvgIpc) is 2.58. The number of nitrogens with two attached hydrogens (primary N) is 1. The molecule has 1 aromatic rings. The van der Waals surface area contributed by atoms with Gasteiger partial charge in [-0.05, 0) is 32.4 Å². The second kappa shape index (κ2) is 4.17. The van der Waals surface area contributed by atoms with Crippen LogP contribution in [0.1, 0.15) is 17.8 Å². The SMILES string of the molecule is Cc1cc(C)nc(N2CC(CN)CC2=O)n1. The van der Waals surface area contributed by atoms with E-state index in [0.29, 0.717) is 25.5 Å². The summed E-state index contributed by atoms with van der Waals surface area (Å²) in [6.07, 6.45) is 0.507. The summed E-state index contributed by atoms with van der Waals surface area (Å²) in [5, 5.41) is 0. The number of amides is 1. The van der Waals surface area contributed by atoms with Gasteiger partial charge in [0.25, 0.3) is 0 Å². The molecule has 1 aliphatic rings. The Morgan fingerprint density at radius 3 is 2.56 bits per heavy atom. The number of aryl methyl sites for hydroxylation is 2. The summed E-state index contributed by atoms with van der Waals surface area (Å²) < 4.78 is 0. The smallest absolute Gasteiger partial charge is 0.232 e. The number of aromatic nitrogens is 2. The summed E-state index contributed by atoms with van der Waals surface area (Å²) in [5.74, 6) is 0.816. The van der Waals surface area contributed by atoms with Crippen molar-refractivity contribution in [3.8, 4) is 0 Å². The van der Waals surface area contributed by atoms with Crippen LogP contribution >= 0.6 is 0 Å². The highest BCUT2D eigenvalue weighted by atomic mass is 16.2. The standard InChI is InChI=1S/C11H16N4O/c1-7-3-8(2)14-11(13-7)15-6-9(5-12)4-10(15)16/h3,9H,4-6,12H2,1-2H3. The van der Waals surface area contributed by atoms with E-state index in [2.05, 4.69) is 9.97 Å². The molecular weight excluding hydrogens is 204 g/mol. The number of hydrogen-bond acceptors (Lipinski definition) is 4. The molecule has 86 valence electrons. The van der Waals surface area contributed by atoms with Gasteiger partial charge in [0.2, 0.25) is 11.9 Å². The first-order chi connectivity index (χ1) is 7.60. The van der Waals surface area contributed by atoms with Crippen LogP contribution in [0.15, 0.2) is 6.07 Å². The number of rotatable bonds is 2. The molecule has 1 aromatic heterocycles. The average molecular weight is 220 g/mol. The second-order valence-electron chi connectivity index (χ2n) is 4.26. The fraction of sp³-hybridized carbons (Fsp3) is 0.545. The Labute approximate surface area is 94.7 Å². The van der Waals surface area contributed by atoms with Crippen molar-refractivity contribution in [3.63, 3.8) is 0 Å². The van der Waals surface area contributed by atoms with E-state index in [0.717, 1.165) is 11.4 Å². The lowest BCUT2D eigenvalue weighted by molar-refractivity contribution is -0.117. The molecule has 1 amide bonds. The number of nitrogens with zero attached hydrogens (tertiary/aromatic N) is 3. The van der Waals surface area contributed by atoms with Crippen molar-refractivity contribution < 1.29 is 4.79 Å². The topological polar surface area (TPSA) is 72.1 Å². The number of anilines is 1. The lowest BCUT2D eigenvalue weighted by Gasteiger charge is -2.15. The first-order valence-electron chi connectivity index (χ1n) is 5.43. The molecule has 0 saturated carbocycles. The van der Waals surface area contributed by atoms with Crippen molar-refractivity contribution in [2.24, 2.45) is 11.7 Å². The summed E-state index contributed by atoms with van der Waals surface area (Å²) in [7, 11) is 0. The maximum Gasteiger partial charge on any atom is 0.232 e. The van der Waals surface area contributed by atoms with Crippen molar-refractivity contribution >= 4 is 11.9 Å². The molecule has 16 heavy (non-hydrogen) atoms. The van der Waals surface area contributed by atoms with Crippen LogP contribution in [0.25, 0.3) is 0 Å². The van der Waals surface area contributed by atoms with Crippen LogP contribution in [0.5, 0.6) is 0 Å². The third kappa shape index (κ3) is 2.04. The van der Waals surface area contributed by atoms with E-state index in [1.165, 1.54) is 0 Å². The van der Waals surface area contributed by atoms with Gasteiger partial charge < -0.3 is 5.73 Å². The summed E-state index contributed by atoms with van der Waals surface area (Å²) in [6.45, 7) is 4.98. The number of carbonyl (C=O) groups is 1. The van der Waals surface area contributed by atoms with Crippen LogP contribution < -0.4 is 10.6 Å². The van der Waals surface area contributed by atoms with Crippen molar-refractivity contribution in [2.45, 2.75) is 20.3 Å². The summed E-state index contributed by atoms with van der Waals surface area (Å²) in [5.41, 5.74) is 7.34. The normalized spacial score (nSPS) is 20.6. The van der Waals surface area contributed by atoms with Gasteiger partial charge in [-0.3, -0.25) is 9.69 Å². The van der Waals surface area contributed by atoms with Gasteiger partial charge in [-0.15, -0.1) is 0 Å². The highest BCUT2D eigenvalue weighted by Crippen LogP contribution is 2.21. The Morgan fingerprint density at radius 1 is 1.44 bits per heavy atom. The Morgan fingerprint density at radius 2 is 2.06 bits per heavy atom. The van der Waals surface area contributed by atoms with E-state index >= 15 is 0 Å². The summed E-state index contributed by atoms with van der Waals surface area (Å²) >= 11 is 0. The maximum absolute atomic E-state index is 11.8. The van der Waals surface area contributed by atoms with Crippen LogP contribution in [0.4, 0.5) is 5.95 Å². The molecule has 2 rings (SSSR count). The van der Waals surface area contributed by atoms with Gasteiger partial charge in [0.15, 0.2) is 0 Å². The number of carbonyl (C=O) groups excluding carboxylic acids is 1. The van der Waals surface area contributed by atoms with Gasteiger partial charge >= 0.3 is 0 Å². The van der Waals surface area contributed by atoms with Crippen LogP contribution in [-0.4, -0.2) is 29.0 Å². The Bertz CT molecular complexity index is 398. The third-order valence-corrected chi connectivity index (χ3v) is 2.75. The molecule has 0 bridgehead atoms.